The Balaban J connectivity index is 1.43. The first-order valence-corrected chi connectivity index (χ1v) is 10.8. The molecule has 0 saturated heterocycles. The molecule has 3 rings (SSSR count). The third-order valence-corrected chi connectivity index (χ3v) is 5.50. The van der Waals surface area contributed by atoms with Crippen molar-refractivity contribution in [2.75, 3.05) is 21.7 Å². The van der Waals surface area contributed by atoms with Gasteiger partial charge in [-0.05, 0) is 45.0 Å². The number of benzene rings is 1. The van der Waals surface area contributed by atoms with Gasteiger partial charge in [0, 0.05) is 17.4 Å². The van der Waals surface area contributed by atoms with Crippen LogP contribution in [0.25, 0.3) is 0 Å². The number of anilines is 3. The maximum atomic E-state index is 12.3. The summed E-state index contributed by atoms with van der Waals surface area (Å²) in [5, 5.41) is 15.4. The van der Waals surface area contributed by atoms with Crippen LogP contribution in [0, 0.1) is 6.92 Å². The second kappa shape index (κ2) is 10.6. The lowest BCUT2D eigenvalue weighted by Crippen LogP contribution is -2.25. The second-order valence-corrected chi connectivity index (χ2v) is 8.26. The van der Waals surface area contributed by atoms with Crippen LogP contribution in [0.1, 0.15) is 25.6 Å². The molecule has 11 nitrogen and oxygen atoms in total. The number of carbonyl (C=O) groups excluding carboxylic acids is 3. The van der Waals surface area contributed by atoms with E-state index >= 15 is 0 Å². The van der Waals surface area contributed by atoms with Crippen LogP contribution in [0.15, 0.2) is 47.5 Å². The average molecular weight is 458 g/mol. The van der Waals surface area contributed by atoms with E-state index in [4.69, 9.17) is 4.52 Å². The molecule has 2 heterocycles. The van der Waals surface area contributed by atoms with Crippen molar-refractivity contribution < 1.29 is 18.9 Å². The molecule has 2 atom stereocenters. The summed E-state index contributed by atoms with van der Waals surface area (Å²) in [5.74, 6) is 0.277. The number of nitrogens with zero attached hydrogens (tertiary/aromatic N) is 4. The molecular formula is C20H23N7O4S. The van der Waals surface area contributed by atoms with Gasteiger partial charge in [0.05, 0.1) is 11.0 Å². The normalized spacial score (nSPS) is 12.6. The number of thioether (sulfide) groups is 1. The van der Waals surface area contributed by atoms with Crippen LogP contribution < -0.4 is 16.0 Å². The fourth-order valence-corrected chi connectivity index (χ4v) is 3.23. The number of nitrogens with one attached hydrogen (secondary N) is 3. The summed E-state index contributed by atoms with van der Waals surface area (Å²) in [6.07, 6.45) is 2.84. The number of amides is 3. The van der Waals surface area contributed by atoms with Crippen LogP contribution in [0.2, 0.25) is 0 Å². The molecule has 0 fully saturated rings. The van der Waals surface area contributed by atoms with Crippen molar-refractivity contribution >= 4 is 46.7 Å². The first-order valence-electron chi connectivity index (χ1n) is 9.72. The summed E-state index contributed by atoms with van der Waals surface area (Å²) >= 11 is 1.20. The summed E-state index contributed by atoms with van der Waals surface area (Å²) in [6, 6.07) is 7.84. The summed E-state index contributed by atoms with van der Waals surface area (Å²) in [6.45, 7) is 5.15. The Hall–Kier alpha value is -3.67. The topological polar surface area (TPSA) is 144 Å². The maximum absolute atomic E-state index is 12.3. The van der Waals surface area contributed by atoms with Crippen LogP contribution >= 0.6 is 11.8 Å². The van der Waals surface area contributed by atoms with E-state index in [0.717, 1.165) is 0 Å². The lowest BCUT2D eigenvalue weighted by Gasteiger charge is -2.13. The zero-order chi connectivity index (χ0) is 23.1. The summed E-state index contributed by atoms with van der Waals surface area (Å²) in [5.41, 5.74) is 1.16. The Bertz CT molecular complexity index is 1070. The number of hydrogen-bond acceptors (Lipinski definition) is 8. The van der Waals surface area contributed by atoms with Gasteiger partial charge in [-0.15, -0.1) is 11.8 Å². The van der Waals surface area contributed by atoms with E-state index in [-0.39, 0.29) is 23.5 Å². The smallest absolute Gasteiger partial charge is 0.249 e. The number of aromatic nitrogens is 4. The standard InChI is InChI=1S/C20H23N7O4S/c1-12-8-17(26-31-12)25-20(30)14(3)32-9-18(28)23-15-4-6-16(7-5-15)24-19(29)13(2)27-11-21-10-22-27/h4-8,10-11,13-14H,9H2,1-3H3,(H,23,28)(H,24,29)(H,25,26,30). The highest BCUT2D eigenvalue weighted by molar-refractivity contribution is 8.01. The van der Waals surface area contributed by atoms with Gasteiger partial charge in [0.2, 0.25) is 17.7 Å². The predicted octanol–water partition coefficient (Wildman–Crippen LogP) is 2.47. The minimum atomic E-state index is -0.513. The van der Waals surface area contributed by atoms with Gasteiger partial charge in [0.1, 0.15) is 24.5 Å². The number of rotatable bonds is 9. The van der Waals surface area contributed by atoms with E-state index in [1.54, 1.807) is 51.1 Å². The summed E-state index contributed by atoms with van der Waals surface area (Å²) < 4.78 is 6.36. The van der Waals surface area contributed by atoms with Crippen LogP contribution in [-0.4, -0.2) is 48.6 Å². The molecular weight excluding hydrogens is 434 g/mol. The van der Waals surface area contributed by atoms with E-state index in [2.05, 4.69) is 31.2 Å². The predicted molar refractivity (Wildman–Crippen MR) is 120 cm³/mol. The van der Waals surface area contributed by atoms with Gasteiger partial charge in [-0.1, -0.05) is 5.16 Å². The molecule has 2 unspecified atom stereocenters. The van der Waals surface area contributed by atoms with E-state index in [0.29, 0.717) is 23.0 Å². The van der Waals surface area contributed by atoms with E-state index in [1.807, 2.05) is 0 Å². The molecule has 3 N–H and O–H groups in total. The highest BCUT2D eigenvalue weighted by atomic mass is 32.2. The zero-order valence-corrected chi connectivity index (χ0v) is 18.5. The van der Waals surface area contributed by atoms with E-state index in [1.165, 1.54) is 29.1 Å². The van der Waals surface area contributed by atoms with Crippen LogP contribution in [0.4, 0.5) is 17.2 Å². The second-order valence-electron chi connectivity index (χ2n) is 6.93. The van der Waals surface area contributed by atoms with Crippen molar-refractivity contribution in [1.82, 2.24) is 19.9 Å². The van der Waals surface area contributed by atoms with Gasteiger partial charge < -0.3 is 20.5 Å². The first kappa shape index (κ1) is 23.0. The van der Waals surface area contributed by atoms with E-state index in [9.17, 15) is 14.4 Å². The Morgan fingerprint density at radius 3 is 2.34 bits per heavy atom. The molecule has 0 aliphatic heterocycles. The quantitative estimate of drug-likeness (QED) is 0.444. The number of aryl methyl sites for hydroxylation is 1. The summed E-state index contributed by atoms with van der Waals surface area (Å²) in [4.78, 5) is 40.5. The zero-order valence-electron chi connectivity index (χ0n) is 17.7. The Morgan fingerprint density at radius 2 is 1.75 bits per heavy atom. The lowest BCUT2D eigenvalue weighted by atomic mass is 10.2. The molecule has 0 aliphatic rings. The summed E-state index contributed by atoms with van der Waals surface area (Å²) in [7, 11) is 0. The maximum Gasteiger partial charge on any atom is 0.249 e. The van der Waals surface area contributed by atoms with Gasteiger partial charge in [-0.25, -0.2) is 9.67 Å². The van der Waals surface area contributed by atoms with Gasteiger partial charge in [0.25, 0.3) is 0 Å². The van der Waals surface area contributed by atoms with Gasteiger partial charge in [-0.3, -0.25) is 14.4 Å². The number of carbonyl (C=O) groups is 3. The Labute approximate surface area is 188 Å². The van der Waals surface area contributed by atoms with Crippen molar-refractivity contribution in [1.29, 1.82) is 0 Å². The van der Waals surface area contributed by atoms with Crippen molar-refractivity contribution in [2.45, 2.75) is 32.1 Å². The largest absolute Gasteiger partial charge is 0.360 e. The third kappa shape index (κ3) is 6.41. The fourth-order valence-electron chi connectivity index (χ4n) is 2.55. The monoisotopic (exact) mass is 457 g/mol. The Morgan fingerprint density at radius 1 is 1.06 bits per heavy atom. The molecule has 12 heteroatoms. The minimum absolute atomic E-state index is 0.0976. The van der Waals surface area contributed by atoms with Gasteiger partial charge in [-0.2, -0.15) is 5.10 Å². The molecule has 0 radical (unpaired) electrons. The van der Waals surface area contributed by atoms with E-state index < -0.39 is 11.3 Å². The first-order chi connectivity index (χ1) is 15.3. The Kier molecular flexibility index (Phi) is 7.60. The molecule has 0 aliphatic carbocycles. The minimum Gasteiger partial charge on any atom is -0.360 e. The molecule has 0 bridgehead atoms. The van der Waals surface area contributed by atoms with Crippen molar-refractivity contribution in [2.24, 2.45) is 0 Å². The molecule has 0 spiro atoms. The molecule has 1 aromatic carbocycles. The molecule has 3 aromatic rings. The van der Waals surface area contributed by atoms with Gasteiger partial charge in [0.15, 0.2) is 5.82 Å². The molecule has 0 saturated carbocycles. The van der Waals surface area contributed by atoms with Crippen LogP contribution in [0.5, 0.6) is 0 Å². The van der Waals surface area contributed by atoms with Crippen LogP contribution in [-0.2, 0) is 14.4 Å². The fraction of sp³-hybridized carbons (Fsp3) is 0.300. The van der Waals surface area contributed by atoms with Crippen molar-refractivity contribution in [3.63, 3.8) is 0 Å². The lowest BCUT2D eigenvalue weighted by molar-refractivity contribution is -0.119. The highest BCUT2D eigenvalue weighted by Gasteiger charge is 2.17. The third-order valence-electron chi connectivity index (χ3n) is 4.36. The SMILES string of the molecule is Cc1cc(NC(=O)C(C)SCC(=O)Nc2ccc(NC(=O)C(C)n3cncn3)cc2)no1. The number of hydrogen-bond donors (Lipinski definition) is 3. The van der Waals surface area contributed by atoms with Crippen molar-refractivity contribution in [3.05, 3.63) is 48.7 Å². The molecule has 168 valence electrons. The molecule has 32 heavy (non-hydrogen) atoms. The average Bonchev–Trinajstić information content (AvgIpc) is 3.44. The van der Waals surface area contributed by atoms with Gasteiger partial charge >= 0.3 is 0 Å². The highest BCUT2D eigenvalue weighted by Crippen LogP contribution is 2.18. The molecule has 2 aromatic heterocycles. The van der Waals surface area contributed by atoms with Crippen molar-refractivity contribution in [3.8, 4) is 0 Å². The molecule has 3 amide bonds. The van der Waals surface area contributed by atoms with Crippen LogP contribution in [0.3, 0.4) is 0 Å².